The molecule has 2 bridgehead atoms. The molecule has 0 aliphatic carbocycles. The molecule has 0 spiro atoms. The van der Waals surface area contributed by atoms with Crippen LogP contribution in [0.3, 0.4) is 0 Å². The molecule has 192 valence electrons. The minimum absolute atomic E-state index is 0.706. The van der Waals surface area contributed by atoms with Gasteiger partial charge in [-0.05, 0) is 0 Å². The quantitative estimate of drug-likeness (QED) is 0.180. The van der Waals surface area contributed by atoms with Gasteiger partial charge in [0.1, 0.15) is 73.2 Å². The maximum atomic E-state index is 10.8. The zero-order chi connectivity index (χ0) is 24.0. The molecule has 4 rings (SSSR count). The van der Waals surface area contributed by atoms with Gasteiger partial charge in [0.15, 0.2) is 18.9 Å². The van der Waals surface area contributed by atoms with Crippen molar-refractivity contribution in [3.63, 3.8) is 0 Å². The lowest BCUT2D eigenvalue weighted by molar-refractivity contribution is -0.422. The average Bonchev–Trinajstić information content (AvgIpc) is 2.80. The molecule has 4 heterocycles. The highest BCUT2D eigenvalue weighted by atomic mass is 16.8. The van der Waals surface area contributed by atoms with E-state index in [4.69, 9.17) is 28.4 Å². The summed E-state index contributed by atoms with van der Waals surface area (Å²) in [5.41, 5.74) is 0. The molecule has 4 aliphatic heterocycles. The van der Waals surface area contributed by atoms with Gasteiger partial charge in [0.05, 0.1) is 19.8 Å². The predicted octanol–water partition coefficient (Wildman–Crippen LogP) is -6.53. The Hall–Kier alpha value is -0.600. The second-order valence-corrected chi connectivity index (χ2v) is 8.42. The smallest absolute Gasteiger partial charge is 0.187 e. The van der Waals surface area contributed by atoms with Gasteiger partial charge in [-0.25, -0.2) is 0 Å². The van der Waals surface area contributed by atoms with Crippen LogP contribution in [0.25, 0.3) is 0 Å². The van der Waals surface area contributed by atoms with Gasteiger partial charge in [0, 0.05) is 0 Å². The van der Waals surface area contributed by atoms with Crippen molar-refractivity contribution in [3.05, 3.63) is 0 Å². The third-order valence-electron chi connectivity index (χ3n) is 6.34. The first-order valence-corrected chi connectivity index (χ1v) is 10.6. The summed E-state index contributed by atoms with van der Waals surface area (Å²) in [7, 11) is 0. The van der Waals surface area contributed by atoms with Crippen molar-refractivity contribution in [2.75, 3.05) is 19.8 Å². The summed E-state index contributed by atoms with van der Waals surface area (Å²) in [4.78, 5) is 0. The van der Waals surface area contributed by atoms with Gasteiger partial charge in [0.25, 0.3) is 0 Å². The van der Waals surface area contributed by atoms with Crippen molar-refractivity contribution in [3.8, 4) is 0 Å². The second-order valence-electron chi connectivity index (χ2n) is 8.42. The monoisotopic (exact) mass is 486 g/mol. The molecule has 0 aromatic carbocycles. The summed E-state index contributed by atoms with van der Waals surface area (Å²) in [6, 6.07) is 0. The Kier molecular flexibility index (Phi) is 7.86. The fourth-order valence-electron chi connectivity index (χ4n) is 4.41. The SMILES string of the molecule is OC[C@H]1O[C@@H]2O[C@@H]3[C@@H](O[C@@H]4[C@H](O)[C@H](O[C@H]2[C@@H](O)[C@@H]1O)O[C@H](CO)[C@H]4O)O[C@H](CO)[C@@H](O)[C@@H]3O. The average molecular weight is 486 g/mol. The lowest BCUT2D eigenvalue weighted by Crippen LogP contribution is -2.70. The van der Waals surface area contributed by atoms with E-state index >= 15 is 0 Å². The maximum Gasteiger partial charge on any atom is 0.187 e. The molecule has 0 amide bonds. The van der Waals surface area contributed by atoms with Crippen molar-refractivity contribution in [1.29, 1.82) is 0 Å². The van der Waals surface area contributed by atoms with E-state index in [-0.39, 0.29) is 0 Å². The van der Waals surface area contributed by atoms with E-state index in [1.54, 1.807) is 0 Å². The zero-order valence-corrected chi connectivity index (χ0v) is 17.3. The Balaban J connectivity index is 1.72. The molecule has 0 aromatic heterocycles. The molecule has 0 saturated carbocycles. The number of rotatable bonds is 3. The van der Waals surface area contributed by atoms with Crippen LogP contribution in [0.15, 0.2) is 0 Å². The van der Waals surface area contributed by atoms with Crippen LogP contribution in [-0.2, 0) is 28.4 Å². The predicted molar refractivity (Wildman–Crippen MR) is 97.9 cm³/mol. The first kappa shape index (κ1) is 25.5. The molecule has 4 fully saturated rings. The normalized spacial score (nSPS) is 55.4. The third kappa shape index (κ3) is 4.53. The molecule has 33 heavy (non-hydrogen) atoms. The molecule has 0 aromatic rings. The molecular formula is C18H30O15. The van der Waals surface area contributed by atoms with Gasteiger partial charge in [-0.3, -0.25) is 0 Å². The fraction of sp³-hybridized carbons (Fsp3) is 1.00. The van der Waals surface area contributed by atoms with E-state index in [1.165, 1.54) is 0 Å². The van der Waals surface area contributed by atoms with E-state index in [0.29, 0.717) is 0 Å². The van der Waals surface area contributed by atoms with Crippen LogP contribution < -0.4 is 0 Å². The number of ether oxygens (including phenoxy) is 6. The summed E-state index contributed by atoms with van der Waals surface area (Å²) in [6.45, 7) is -2.14. The molecule has 4 saturated heterocycles. The summed E-state index contributed by atoms with van der Waals surface area (Å²) in [5, 5.41) is 91.7. The number of hydrogen-bond donors (Lipinski definition) is 9. The van der Waals surface area contributed by atoms with Crippen molar-refractivity contribution in [2.45, 2.75) is 92.1 Å². The van der Waals surface area contributed by atoms with E-state index < -0.39 is 112 Å². The number of aliphatic hydroxyl groups is 9. The highest BCUT2D eigenvalue weighted by molar-refractivity contribution is 4.98. The van der Waals surface area contributed by atoms with Crippen LogP contribution in [0, 0.1) is 0 Å². The van der Waals surface area contributed by atoms with Crippen LogP contribution in [0.1, 0.15) is 0 Å². The topological polar surface area (TPSA) is 237 Å². The standard InChI is InChI=1S/C18H30O15/c19-1-4-8(23)11(26)15-17(29-4)31-13-9(24)6(3-21)28-16(12(13)27)32-14-10(25)7(22)5(2-20)30-18(14)33-15/h4-27H,1-3H2/t4-,5-,6-,7-,8-,9-,10+,11+,12+,13+,14+,15+,16+,17-,18-/m1/s1. The summed E-state index contributed by atoms with van der Waals surface area (Å²) in [5.74, 6) is 0. The molecule has 9 N–H and O–H groups in total. The van der Waals surface area contributed by atoms with E-state index in [2.05, 4.69) is 0 Å². The van der Waals surface area contributed by atoms with Crippen LogP contribution in [0.5, 0.6) is 0 Å². The summed E-state index contributed by atoms with van der Waals surface area (Å²) >= 11 is 0. The van der Waals surface area contributed by atoms with Gasteiger partial charge >= 0.3 is 0 Å². The van der Waals surface area contributed by atoms with Crippen molar-refractivity contribution in [1.82, 2.24) is 0 Å². The number of hydrogen-bond acceptors (Lipinski definition) is 15. The van der Waals surface area contributed by atoms with Gasteiger partial charge < -0.3 is 74.4 Å². The molecule has 15 atom stereocenters. The van der Waals surface area contributed by atoms with Gasteiger partial charge in [-0.15, -0.1) is 0 Å². The first-order valence-electron chi connectivity index (χ1n) is 10.6. The largest absolute Gasteiger partial charge is 0.394 e. The van der Waals surface area contributed by atoms with Crippen molar-refractivity contribution >= 4 is 0 Å². The Bertz CT molecular complexity index is 654. The number of aliphatic hydroxyl groups excluding tert-OH is 9. The van der Waals surface area contributed by atoms with Crippen LogP contribution in [0.4, 0.5) is 0 Å². The summed E-state index contributed by atoms with van der Waals surface area (Å²) in [6.07, 6.45) is -23.4. The Morgan fingerprint density at radius 3 is 1.18 bits per heavy atom. The molecule has 15 heteroatoms. The molecular weight excluding hydrogens is 456 g/mol. The number of fused-ring (bicyclic) bond motifs is 4. The third-order valence-corrected chi connectivity index (χ3v) is 6.34. The highest BCUT2D eigenvalue weighted by Gasteiger charge is 2.57. The lowest BCUT2D eigenvalue weighted by Gasteiger charge is -2.51. The van der Waals surface area contributed by atoms with Crippen molar-refractivity contribution < 1.29 is 74.4 Å². The van der Waals surface area contributed by atoms with E-state index in [0.717, 1.165) is 0 Å². The summed E-state index contributed by atoms with van der Waals surface area (Å²) < 4.78 is 33.4. The fourth-order valence-corrected chi connectivity index (χ4v) is 4.41. The van der Waals surface area contributed by atoms with Crippen molar-refractivity contribution in [2.24, 2.45) is 0 Å². The minimum atomic E-state index is -1.74. The van der Waals surface area contributed by atoms with E-state index in [9.17, 15) is 46.0 Å². The van der Waals surface area contributed by atoms with E-state index in [1.807, 2.05) is 0 Å². The maximum absolute atomic E-state index is 10.8. The highest BCUT2D eigenvalue weighted by Crippen LogP contribution is 2.36. The Labute approximate surface area is 187 Å². The molecule has 15 nitrogen and oxygen atoms in total. The van der Waals surface area contributed by atoms with Crippen LogP contribution >= 0.6 is 0 Å². The van der Waals surface area contributed by atoms with Crippen LogP contribution in [-0.4, -0.2) is 158 Å². The van der Waals surface area contributed by atoms with Gasteiger partial charge in [0.2, 0.25) is 0 Å². The lowest BCUT2D eigenvalue weighted by atomic mass is 9.95. The molecule has 4 aliphatic rings. The van der Waals surface area contributed by atoms with Gasteiger partial charge in [-0.1, -0.05) is 0 Å². The van der Waals surface area contributed by atoms with Gasteiger partial charge in [-0.2, -0.15) is 0 Å². The first-order chi connectivity index (χ1) is 15.7. The molecule has 0 radical (unpaired) electrons. The zero-order valence-electron chi connectivity index (χ0n) is 17.3. The second kappa shape index (κ2) is 10.2. The minimum Gasteiger partial charge on any atom is -0.394 e. The van der Waals surface area contributed by atoms with Crippen LogP contribution in [0.2, 0.25) is 0 Å². The Morgan fingerprint density at radius 1 is 0.364 bits per heavy atom. The Morgan fingerprint density at radius 2 is 0.727 bits per heavy atom. The molecule has 0 unspecified atom stereocenters.